The molecule has 0 amide bonds. The van der Waals surface area contributed by atoms with Gasteiger partial charge in [0.15, 0.2) is 0 Å². The average molecular weight is 219 g/mol. The zero-order chi connectivity index (χ0) is 11.5. The van der Waals surface area contributed by atoms with E-state index in [1.807, 2.05) is 14.0 Å². The summed E-state index contributed by atoms with van der Waals surface area (Å²) in [6.45, 7) is 2.61. The number of halogens is 1. The first-order valence-corrected chi connectivity index (χ1v) is 5.17. The van der Waals surface area contributed by atoms with E-state index >= 15 is 0 Å². The molecule has 0 radical (unpaired) electrons. The molecule has 2 N–H and O–H groups in total. The lowest BCUT2D eigenvalue weighted by Gasteiger charge is -1.97. The van der Waals surface area contributed by atoms with E-state index in [9.17, 15) is 4.39 Å². The molecular weight excluding hydrogens is 205 g/mol. The minimum absolute atomic E-state index is 0.257. The van der Waals surface area contributed by atoms with E-state index in [2.05, 4.69) is 15.3 Å². The van der Waals surface area contributed by atoms with Gasteiger partial charge in [-0.25, -0.2) is 9.37 Å². The zero-order valence-electron chi connectivity index (χ0n) is 9.34. The van der Waals surface area contributed by atoms with Crippen LogP contribution in [0, 0.1) is 12.7 Å². The largest absolute Gasteiger partial charge is 0.342 e. The van der Waals surface area contributed by atoms with Crippen LogP contribution in [0.15, 0.2) is 24.3 Å². The smallest absolute Gasteiger partial charge is 0.140 e. The molecule has 0 bridgehead atoms. The first-order valence-electron chi connectivity index (χ1n) is 5.17. The fraction of sp³-hybridized carbons (Fsp3) is 0.250. The van der Waals surface area contributed by atoms with Gasteiger partial charge in [-0.05, 0) is 26.1 Å². The molecule has 0 aliphatic carbocycles. The summed E-state index contributed by atoms with van der Waals surface area (Å²) in [6, 6.07) is 6.62. The molecule has 0 aliphatic heterocycles. The highest BCUT2D eigenvalue weighted by atomic mass is 19.1. The Morgan fingerprint density at radius 2 is 2.12 bits per heavy atom. The van der Waals surface area contributed by atoms with Gasteiger partial charge >= 0.3 is 0 Å². The summed E-state index contributed by atoms with van der Waals surface area (Å²) < 4.78 is 13.5. The van der Waals surface area contributed by atoms with Gasteiger partial charge < -0.3 is 10.3 Å². The Labute approximate surface area is 93.7 Å². The Kier molecular flexibility index (Phi) is 3.01. The number of aromatic nitrogens is 2. The van der Waals surface area contributed by atoms with Crippen LogP contribution in [0.1, 0.15) is 11.4 Å². The van der Waals surface area contributed by atoms with Crippen LogP contribution in [-0.4, -0.2) is 17.0 Å². The number of rotatable bonds is 3. The molecule has 2 rings (SSSR count). The summed E-state index contributed by atoms with van der Waals surface area (Å²) in [7, 11) is 1.86. The maximum atomic E-state index is 13.5. The molecule has 4 heteroatoms. The number of nitrogens with one attached hydrogen (secondary N) is 2. The van der Waals surface area contributed by atoms with Crippen molar-refractivity contribution >= 4 is 0 Å². The van der Waals surface area contributed by atoms with Gasteiger partial charge in [0.1, 0.15) is 11.6 Å². The van der Waals surface area contributed by atoms with Crippen molar-refractivity contribution in [1.29, 1.82) is 0 Å². The van der Waals surface area contributed by atoms with Gasteiger partial charge in [-0.15, -0.1) is 0 Å². The van der Waals surface area contributed by atoms with E-state index in [0.29, 0.717) is 17.9 Å². The third-order valence-corrected chi connectivity index (χ3v) is 2.46. The van der Waals surface area contributed by atoms with Crippen molar-refractivity contribution in [2.75, 3.05) is 7.05 Å². The molecule has 1 aromatic carbocycles. The molecule has 0 fully saturated rings. The summed E-state index contributed by atoms with van der Waals surface area (Å²) in [5, 5.41) is 3.03. The van der Waals surface area contributed by atoms with Gasteiger partial charge in [0, 0.05) is 12.2 Å². The van der Waals surface area contributed by atoms with Gasteiger partial charge in [0.05, 0.1) is 11.3 Å². The Balaban J connectivity index is 2.42. The quantitative estimate of drug-likeness (QED) is 0.831. The number of nitrogens with zero attached hydrogens (tertiary/aromatic N) is 1. The highest BCUT2D eigenvalue weighted by Gasteiger charge is 2.10. The van der Waals surface area contributed by atoms with Crippen molar-refractivity contribution in [3.05, 3.63) is 41.5 Å². The summed E-state index contributed by atoms with van der Waals surface area (Å²) >= 11 is 0. The van der Waals surface area contributed by atoms with Crippen LogP contribution < -0.4 is 5.32 Å². The van der Waals surface area contributed by atoms with Gasteiger partial charge in [-0.2, -0.15) is 0 Å². The molecule has 1 heterocycles. The topological polar surface area (TPSA) is 40.7 Å². The molecule has 0 spiro atoms. The molecule has 0 aliphatic rings. The van der Waals surface area contributed by atoms with Gasteiger partial charge in [-0.3, -0.25) is 0 Å². The van der Waals surface area contributed by atoms with Crippen LogP contribution in [0.2, 0.25) is 0 Å². The normalized spacial score (nSPS) is 10.7. The van der Waals surface area contributed by atoms with Crippen molar-refractivity contribution in [3.63, 3.8) is 0 Å². The Hall–Kier alpha value is -1.68. The van der Waals surface area contributed by atoms with E-state index in [-0.39, 0.29) is 5.82 Å². The fourth-order valence-electron chi connectivity index (χ4n) is 1.62. The fourth-order valence-corrected chi connectivity index (χ4v) is 1.62. The Morgan fingerprint density at radius 3 is 2.81 bits per heavy atom. The third kappa shape index (κ3) is 1.97. The second-order valence-electron chi connectivity index (χ2n) is 3.67. The molecular formula is C12H14FN3. The lowest BCUT2D eigenvalue weighted by molar-refractivity contribution is 0.630. The van der Waals surface area contributed by atoms with Crippen LogP contribution in [0.25, 0.3) is 11.4 Å². The van der Waals surface area contributed by atoms with E-state index in [4.69, 9.17) is 0 Å². The minimum atomic E-state index is -0.257. The van der Waals surface area contributed by atoms with Crippen LogP contribution >= 0.6 is 0 Å². The molecule has 0 saturated heterocycles. The predicted octanol–water partition coefficient (Wildman–Crippen LogP) is 2.24. The first kappa shape index (κ1) is 10.8. The number of imidazole rings is 1. The Morgan fingerprint density at radius 1 is 1.38 bits per heavy atom. The van der Waals surface area contributed by atoms with Crippen LogP contribution in [0.3, 0.4) is 0 Å². The Bertz CT molecular complexity index is 491. The molecule has 16 heavy (non-hydrogen) atoms. The first-order chi connectivity index (χ1) is 7.72. The standard InChI is InChI=1S/C12H14FN3/c1-8-11(7-14-2)16-12(15-8)9-5-3-4-6-10(9)13/h3-6,14H,7H2,1-2H3,(H,15,16). The lowest BCUT2D eigenvalue weighted by Crippen LogP contribution is -2.06. The number of benzene rings is 1. The summed E-state index contributed by atoms with van der Waals surface area (Å²) in [5.41, 5.74) is 2.39. The molecule has 0 unspecified atom stereocenters. The van der Waals surface area contributed by atoms with Gasteiger partial charge in [-0.1, -0.05) is 12.1 Å². The van der Waals surface area contributed by atoms with Crippen molar-refractivity contribution in [3.8, 4) is 11.4 Å². The van der Waals surface area contributed by atoms with Crippen LogP contribution in [-0.2, 0) is 6.54 Å². The molecule has 0 atom stereocenters. The maximum absolute atomic E-state index is 13.5. The third-order valence-electron chi connectivity index (χ3n) is 2.46. The van der Waals surface area contributed by atoms with Crippen molar-refractivity contribution < 1.29 is 4.39 Å². The van der Waals surface area contributed by atoms with Crippen molar-refractivity contribution in [1.82, 2.24) is 15.3 Å². The van der Waals surface area contributed by atoms with Gasteiger partial charge in [0.2, 0.25) is 0 Å². The monoisotopic (exact) mass is 219 g/mol. The van der Waals surface area contributed by atoms with Gasteiger partial charge in [0.25, 0.3) is 0 Å². The molecule has 2 aromatic rings. The highest BCUT2D eigenvalue weighted by Crippen LogP contribution is 2.20. The second-order valence-corrected chi connectivity index (χ2v) is 3.67. The lowest BCUT2D eigenvalue weighted by atomic mass is 10.2. The number of H-pyrrole nitrogens is 1. The minimum Gasteiger partial charge on any atom is -0.342 e. The number of aromatic amines is 1. The molecule has 0 saturated carbocycles. The van der Waals surface area contributed by atoms with E-state index < -0.39 is 0 Å². The van der Waals surface area contributed by atoms with Crippen molar-refractivity contribution in [2.24, 2.45) is 0 Å². The molecule has 1 aromatic heterocycles. The average Bonchev–Trinajstić information content (AvgIpc) is 2.61. The van der Waals surface area contributed by atoms with Crippen LogP contribution in [0.5, 0.6) is 0 Å². The SMILES string of the molecule is CNCc1nc(-c2ccccc2F)[nH]c1C. The zero-order valence-corrected chi connectivity index (χ0v) is 9.34. The van der Waals surface area contributed by atoms with Crippen molar-refractivity contribution in [2.45, 2.75) is 13.5 Å². The van der Waals surface area contributed by atoms with Crippen LogP contribution in [0.4, 0.5) is 4.39 Å². The maximum Gasteiger partial charge on any atom is 0.140 e. The molecule has 3 nitrogen and oxygen atoms in total. The summed E-state index contributed by atoms with van der Waals surface area (Å²) in [5.74, 6) is 0.327. The highest BCUT2D eigenvalue weighted by molar-refractivity contribution is 5.56. The predicted molar refractivity (Wildman–Crippen MR) is 61.5 cm³/mol. The summed E-state index contributed by atoms with van der Waals surface area (Å²) in [4.78, 5) is 7.47. The summed E-state index contributed by atoms with van der Waals surface area (Å²) in [6.07, 6.45) is 0. The van der Waals surface area contributed by atoms with E-state index in [1.54, 1.807) is 18.2 Å². The number of aryl methyl sites for hydroxylation is 1. The number of hydrogen-bond acceptors (Lipinski definition) is 2. The number of hydrogen-bond donors (Lipinski definition) is 2. The molecule has 84 valence electrons. The van der Waals surface area contributed by atoms with E-state index in [1.165, 1.54) is 6.07 Å². The second kappa shape index (κ2) is 4.45. The van der Waals surface area contributed by atoms with E-state index in [0.717, 1.165) is 11.4 Å².